The average Bonchev–Trinajstić information content (AvgIpc) is 2.55. The molecule has 0 bridgehead atoms. The van der Waals surface area contributed by atoms with Crippen molar-refractivity contribution in [2.24, 2.45) is 0 Å². The second-order valence-electron chi connectivity index (χ2n) is 4.98. The Morgan fingerprint density at radius 2 is 1.50 bits per heavy atom. The van der Waals surface area contributed by atoms with E-state index in [2.05, 4.69) is 40.5 Å². The van der Waals surface area contributed by atoms with Crippen molar-refractivity contribution in [3.8, 4) is 5.75 Å². The molecule has 1 heterocycles. The van der Waals surface area contributed by atoms with E-state index in [4.69, 9.17) is 4.74 Å². The number of halogens is 2. The Morgan fingerprint density at radius 3 is 2.23 bits per heavy atom. The number of nitrogens with zero attached hydrogens (tertiary/aromatic N) is 1. The molecule has 2 aromatic carbocycles. The van der Waals surface area contributed by atoms with E-state index in [1.54, 1.807) is 0 Å². The van der Waals surface area contributed by atoms with E-state index >= 15 is 0 Å². The van der Waals surface area contributed by atoms with Crippen LogP contribution in [0.25, 0.3) is 0 Å². The van der Waals surface area contributed by atoms with Crippen molar-refractivity contribution >= 4 is 30.5 Å². The summed E-state index contributed by atoms with van der Waals surface area (Å²) in [5.41, 5.74) is 2.40. The van der Waals surface area contributed by atoms with Crippen LogP contribution in [0.4, 0.5) is 5.69 Å². The fourth-order valence-electron chi connectivity index (χ4n) is 2.48. The SMILES string of the molecule is Cl.Cl.c1ccc(COc2ccccc2N2CCNCC2)cc1. The summed E-state index contributed by atoms with van der Waals surface area (Å²) in [7, 11) is 0. The van der Waals surface area contributed by atoms with Gasteiger partial charge in [-0.2, -0.15) is 0 Å². The van der Waals surface area contributed by atoms with E-state index in [0.717, 1.165) is 31.9 Å². The summed E-state index contributed by atoms with van der Waals surface area (Å²) in [6.07, 6.45) is 0. The van der Waals surface area contributed by atoms with E-state index in [-0.39, 0.29) is 24.8 Å². The molecular weight excluding hydrogens is 319 g/mol. The highest BCUT2D eigenvalue weighted by molar-refractivity contribution is 5.85. The van der Waals surface area contributed by atoms with Crippen LogP contribution in [0.3, 0.4) is 0 Å². The highest BCUT2D eigenvalue weighted by atomic mass is 35.5. The molecule has 0 spiro atoms. The molecule has 0 radical (unpaired) electrons. The maximum atomic E-state index is 6.01. The van der Waals surface area contributed by atoms with Crippen LogP contribution in [0.1, 0.15) is 5.56 Å². The molecular formula is C17H22Cl2N2O. The fraction of sp³-hybridized carbons (Fsp3) is 0.294. The molecule has 3 nitrogen and oxygen atoms in total. The van der Waals surface area contributed by atoms with Crippen molar-refractivity contribution in [3.05, 3.63) is 60.2 Å². The van der Waals surface area contributed by atoms with Crippen molar-refractivity contribution in [3.63, 3.8) is 0 Å². The third-order valence-corrected chi connectivity index (χ3v) is 3.56. The smallest absolute Gasteiger partial charge is 0.143 e. The zero-order chi connectivity index (χ0) is 13.6. The summed E-state index contributed by atoms with van der Waals surface area (Å²) >= 11 is 0. The number of piperazine rings is 1. The molecule has 0 saturated carbocycles. The van der Waals surface area contributed by atoms with Crippen molar-refractivity contribution in [1.82, 2.24) is 5.32 Å². The van der Waals surface area contributed by atoms with Crippen LogP contribution in [0.2, 0.25) is 0 Å². The van der Waals surface area contributed by atoms with E-state index in [0.29, 0.717) is 6.61 Å². The van der Waals surface area contributed by atoms with Gasteiger partial charge in [-0.25, -0.2) is 0 Å². The normalized spacial score (nSPS) is 13.7. The van der Waals surface area contributed by atoms with Crippen LogP contribution >= 0.6 is 24.8 Å². The van der Waals surface area contributed by atoms with Crippen molar-refractivity contribution in [2.45, 2.75) is 6.61 Å². The third kappa shape index (κ3) is 4.80. The molecule has 22 heavy (non-hydrogen) atoms. The molecule has 0 unspecified atom stereocenters. The highest BCUT2D eigenvalue weighted by Gasteiger charge is 2.14. The van der Waals surface area contributed by atoms with Gasteiger partial charge in [0.2, 0.25) is 0 Å². The highest BCUT2D eigenvalue weighted by Crippen LogP contribution is 2.28. The lowest BCUT2D eigenvalue weighted by molar-refractivity contribution is 0.306. The minimum atomic E-state index is 0. The number of nitrogens with one attached hydrogen (secondary N) is 1. The van der Waals surface area contributed by atoms with Gasteiger partial charge in [0, 0.05) is 26.2 Å². The molecule has 0 atom stereocenters. The predicted octanol–water partition coefficient (Wildman–Crippen LogP) is 3.52. The summed E-state index contributed by atoms with van der Waals surface area (Å²) in [4.78, 5) is 2.39. The fourth-order valence-corrected chi connectivity index (χ4v) is 2.48. The van der Waals surface area contributed by atoms with Gasteiger partial charge in [-0.05, 0) is 17.7 Å². The second-order valence-corrected chi connectivity index (χ2v) is 4.98. The lowest BCUT2D eigenvalue weighted by Gasteiger charge is -2.30. The first-order valence-electron chi connectivity index (χ1n) is 7.15. The number of para-hydroxylation sites is 2. The van der Waals surface area contributed by atoms with Gasteiger partial charge in [-0.1, -0.05) is 42.5 Å². The van der Waals surface area contributed by atoms with Crippen LogP contribution < -0.4 is 15.0 Å². The zero-order valence-corrected chi connectivity index (χ0v) is 14.0. The number of hydrogen-bond acceptors (Lipinski definition) is 3. The summed E-state index contributed by atoms with van der Waals surface area (Å²) in [5, 5.41) is 3.38. The van der Waals surface area contributed by atoms with Crippen molar-refractivity contribution in [2.75, 3.05) is 31.1 Å². The molecule has 1 aliphatic rings. The van der Waals surface area contributed by atoms with Crippen LogP contribution in [-0.4, -0.2) is 26.2 Å². The van der Waals surface area contributed by atoms with E-state index in [9.17, 15) is 0 Å². The maximum absolute atomic E-state index is 6.01. The van der Waals surface area contributed by atoms with E-state index in [1.165, 1.54) is 11.3 Å². The summed E-state index contributed by atoms with van der Waals surface area (Å²) < 4.78 is 6.01. The van der Waals surface area contributed by atoms with Crippen LogP contribution in [-0.2, 0) is 6.61 Å². The minimum absolute atomic E-state index is 0. The molecule has 2 aromatic rings. The molecule has 1 fully saturated rings. The summed E-state index contributed by atoms with van der Waals surface area (Å²) in [6, 6.07) is 18.6. The van der Waals surface area contributed by atoms with Crippen molar-refractivity contribution in [1.29, 1.82) is 0 Å². The Bertz CT molecular complexity index is 545. The molecule has 1 aliphatic heterocycles. The Kier molecular flexibility index (Phi) is 8.10. The largest absolute Gasteiger partial charge is 0.487 e. The molecule has 5 heteroatoms. The standard InChI is InChI=1S/C17H20N2O.2ClH/c1-2-6-15(7-3-1)14-20-17-9-5-4-8-16(17)19-12-10-18-11-13-19;;/h1-9,18H,10-14H2;2*1H. The Balaban J connectivity index is 0.00000121. The lowest BCUT2D eigenvalue weighted by atomic mass is 10.2. The molecule has 0 aliphatic carbocycles. The molecule has 120 valence electrons. The molecule has 3 rings (SSSR count). The van der Waals surface area contributed by atoms with Gasteiger partial charge in [-0.3, -0.25) is 0 Å². The van der Waals surface area contributed by atoms with Gasteiger partial charge >= 0.3 is 0 Å². The first-order valence-corrected chi connectivity index (χ1v) is 7.15. The first-order chi connectivity index (χ1) is 9.93. The summed E-state index contributed by atoms with van der Waals surface area (Å²) in [5.74, 6) is 0.971. The van der Waals surface area contributed by atoms with Gasteiger partial charge in [0.15, 0.2) is 0 Å². The minimum Gasteiger partial charge on any atom is -0.487 e. The van der Waals surface area contributed by atoms with Crippen LogP contribution in [0.15, 0.2) is 54.6 Å². The predicted molar refractivity (Wildman–Crippen MR) is 96.8 cm³/mol. The Labute approximate surface area is 144 Å². The van der Waals surface area contributed by atoms with Crippen LogP contribution in [0.5, 0.6) is 5.75 Å². The van der Waals surface area contributed by atoms with E-state index in [1.807, 2.05) is 24.3 Å². The summed E-state index contributed by atoms with van der Waals surface area (Å²) in [6.45, 7) is 4.75. The second kappa shape index (κ2) is 9.57. The molecule has 0 aromatic heterocycles. The number of benzene rings is 2. The average molecular weight is 341 g/mol. The van der Waals surface area contributed by atoms with Gasteiger partial charge < -0.3 is 15.0 Å². The van der Waals surface area contributed by atoms with Gasteiger partial charge in [0.25, 0.3) is 0 Å². The van der Waals surface area contributed by atoms with Gasteiger partial charge in [0.1, 0.15) is 12.4 Å². The molecule has 1 saturated heterocycles. The van der Waals surface area contributed by atoms with Crippen molar-refractivity contribution < 1.29 is 4.74 Å². The number of hydrogen-bond donors (Lipinski definition) is 1. The Morgan fingerprint density at radius 1 is 0.864 bits per heavy atom. The first kappa shape index (κ1) is 18.6. The zero-order valence-electron chi connectivity index (χ0n) is 12.4. The topological polar surface area (TPSA) is 24.5 Å². The van der Waals surface area contributed by atoms with Gasteiger partial charge in [0.05, 0.1) is 5.69 Å². The molecule has 1 N–H and O–H groups in total. The van der Waals surface area contributed by atoms with E-state index < -0.39 is 0 Å². The lowest BCUT2D eigenvalue weighted by Crippen LogP contribution is -2.43. The Hall–Kier alpha value is -1.42. The third-order valence-electron chi connectivity index (χ3n) is 3.56. The number of ether oxygens (including phenoxy) is 1. The van der Waals surface area contributed by atoms with Gasteiger partial charge in [-0.15, -0.1) is 24.8 Å². The maximum Gasteiger partial charge on any atom is 0.143 e. The van der Waals surface area contributed by atoms with Crippen LogP contribution in [0, 0.1) is 0 Å². The number of rotatable bonds is 4. The number of anilines is 1. The molecule has 0 amide bonds. The monoisotopic (exact) mass is 340 g/mol. The quantitative estimate of drug-likeness (QED) is 0.921.